The third-order valence-corrected chi connectivity index (χ3v) is 7.04. The first-order chi connectivity index (χ1) is 16.6. The number of amides is 1. The number of hydrogen-bond acceptors (Lipinski definition) is 6. The molecule has 0 saturated carbocycles. The normalized spacial score (nSPS) is 17.3. The molecule has 2 aliphatic rings. The van der Waals surface area contributed by atoms with Gasteiger partial charge in [0.05, 0.1) is 12.2 Å². The van der Waals surface area contributed by atoms with Crippen LogP contribution in [0, 0.1) is 5.92 Å². The van der Waals surface area contributed by atoms with Crippen LogP contribution in [-0.4, -0.2) is 66.9 Å². The van der Waals surface area contributed by atoms with Crippen molar-refractivity contribution in [3.05, 3.63) is 54.1 Å². The first kappa shape index (κ1) is 22.4. The fraction of sp³-hybridized carbons (Fsp3) is 0.444. The van der Waals surface area contributed by atoms with E-state index in [2.05, 4.69) is 39.1 Å². The van der Waals surface area contributed by atoms with Gasteiger partial charge in [-0.1, -0.05) is 37.3 Å². The van der Waals surface area contributed by atoms with E-state index in [4.69, 9.17) is 4.74 Å². The molecule has 0 unspecified atom stereocenters. The summed E-state index contributed by atoms with van der Waals surface area (Å²) >= 11 is 0. The lowest BCUT2D eigenvalue weighted by atomic mass is 9.99. The number of anilines is 2. The molecule has 0 spiro atoms. The molecule has 3 heterocycles. The molecule has 0 radical (unpaired) electrons. The van der Waals surface area contributed by atoms with E-state index in [0.717, 1.165) is 54.5 Å². The van der Waals surface area contributed by atoms with Gasteiger partial charge in [-0.3, -0.25) is 4.79 Å². The van der Waals surface area contributed by atoms with Gasteiger partial charge < -0.3 is 19.4 Å². The number of carbonyl (C=O) groups is 1. The number of piperazine rings is 1. The van der Waals surface area contributed by atoms with E-state index >= 15 is 0 Å². The van der Waals surface area contributed by atoms with Gasteiger partial charge >= 0.3 is 0 Å². The van der Waals surface area contributed by atoms with Crippen LogP contribution in [0.15, 0.2) is 48.5 Å². The van der Waals surface area contributed by atoms with E-state index < -0.39 is 0 Å². The van der Waals surface area contributed by atoms with Gasteiger partial charge in [-0.25, -0.2) is 0 Å². The summed E-state index contributed by atoms with van der Waals surface area (Å²) in [4.78, 5) is 20.1. The molecule has 2 aliphatic heterocycles. The quantitative estimate of drug-likeness (QED) is 0.569. The largest absolute Gasteiger partial charge is 0.493 e. The van der Waals surface area contributed by atoms with E-state index in [1.54, 1.807) is 0 Å². The lowest BCUT2D eigenvalue weighted by Gasteiger charge is -2.36. The molecule has 0 N–H and O–H groups in total. The summed E-state index contributed by atoms with van der Waals surface area (Å²) in [5.41, 5.74) is 0.661. The molecule has 34 heavy (non-hydrogen) atoms. The molecule has 0 atom stereocenters. The van der Waals surface area contributed by atoms with E-state index in [-0.39, 0.29) is 5.91 Å². The number of aromatic nitrogens is 2. The summed E-state index contributed by atoms with van der Waals surface area (Å²) in [6, 6.07) is 16.1. The van der Waals surface area contributed by atoms with Crippen LogP contribution >= 0.6 is 0 Å². The van der Waals surface area contributed by atoms with Crippen LogP contribution in [0.2, 0.25) is 0 Å². The van der Waals surface area contributed by atoms with Gasteiger partial charge in [-0.2, -0.15) is 0 Å². The van der Waals surface area contributed by atoms with Crippen molar-refractivity contribution in [3.63, 3.8) is 0 Å². The average molecular weight is 460 g/mol. The highest BCUT2D eigenvalue weighted by Crippen LogP contribution is 2.30. The van der Waals surface area contributed by atoms with Crippen molar-refractivity contribution in [2.24, 2.45) is 5.92 Å². The van der Waals surface area contributed by atoms with Gasteiger partial charge in [0.1, 0.15) is 5.75 Å². The van der Waals surface area contributed by atoms with Crippen molar-refractivity contribution in [1.82, 2.24) is 15.1 Å². The SMILES string of the molecule is CCOc1ccc2ccccc2c1C(=O)N1CCN(c2ccc(N3CCC(C)CC3)nn2)CC1. The van der Waals surface area contributed by atoms with Crippen LogP contribution in [0.3, 0.4) is 0 Å². The zero-order valence-corrected chi connectivity index (χ0v) is 20.1. The number of piperidine rings is 1. The van der Waals surface area contributed by atoms with Gasteiger partial charge in [0.15, 0.2) is 11.6 Å². The summed E-state index contributed by atoms with van der Waals surface area (Å²) in [6.45, 7) is 9.63. The number of carbonyl (C=O) groups excluding carboxylic acids is 1. The molecule has 178 valence electrons. The first-order valence-corrected chi connectivity index (χ1v) is 12.4. The molecule has 2 saturated heterocycles. The van der Waals surface area contributed by atoms with Gasteiger partial charge in [-0.15, -0.1) is 10.2 Å². The lowest BCUT2D eigenvalue weighted by Crippen LogP contribution is -2.49. The topological polar surface area (TPSA) is 61.8 Å². The zero-order valence-electron chi connectivity index (χ0n) is 20.1. The molecule has 0 bridgehead atoms. The third kappa shape index (κ3) is 4.52. The van der Waals surface area contributed by atoms with Gasteiger partial charge in [-0.05, 0) is 54.7 Å². The fourth-order valence-corrected chi connectivity index (χ4v) is 4.94. The summed E-state index contributed by atoms with van der Waals surface area (Å²) < 4.78 is 5.83. The van der Waals surface area contributed by atoms with Crippen molar-refractivity contribution in [3.8, 4) is 5.75 Å². The number of benzene rings is 2. The molecule has 1 aromatic heterocycles. The minimum absolute atomic E-state index is 0.0284. The Morgan fingerprint density at radius 1 is 0.882 bits per heavy atom. The monoisotopic (exact) mass is 459 g/mol. The van der Waals surface area contributed by atoms with Gasteiger partial charge in [0, 0.05) is 39.3 Å². The summed E-state index contributed by atoms with van der Waals surface area (Å²) in [6.07, 6.45) is 2.42. The number of fused-ring (bicyclic) bond motifs is 1. The number of nitrogens with zero attached hydrogens (tertiary/aromatic N) is 5. The van der Waals surface area contributed by atoms with Crippen molar-refractivity contribution < 1.29 is 9.53 Å². The van der Waals surface area contributed by atoms with Crippen molar-refractivity contribution >= 4 is 28.3 Å². The molecule has 1 amide bonds. The molecule has 2 aromatic carbocycles. The van der Waals surface area contributed by atoms with Crippen LogP contribution in [0.25, 0.3) is 10.8 Å². The maximum absolute atomic E-state index is 13.6. The maximum atomic E-state index is 13.6. The second kappa shape index (κ2) is 9.87. The molecular weight excluding hydrogens is 426 g/mol. The van der Waals surface area contributed by atoms with Crippen LogP contribution < -0.4 is 14.5 Å². The molecule has 3 aromatic rings. The molecule has 5 rings (SSSR count). The van der Waals surface area contributed by atoms with Crippen LogP contribution in [-0.2, 0) is 0 Å². The highest BCUT2D eigenvalue weighted by molar-refractivity contribution is 6.09. The average Bonchev–Trinajstić information content (AvgIpc) is 2.89. The van der Waals surface area contributed by atoms with Crippen LogP contribution in [0.1, 0.15) is 37.0 Å². The highest BCUT2D eigenvalue weighted by atomic mass is 16.5. The Morgan fingerprint density at radius 3 is 2.18 bits per heavy atom. The van der Waals surface area contributed by atoms with E-state index in [9.17, 15) is 4.79 Å². The summed E-state index contributed by atoms with van der Waals surface area (Å²) in [7, 11) is 0. The predicted molar refractivity (Wildman–Crippen MR) is 136 cm³/mol. The van der Waals surface area contributed by atoms with Gasteiger partial charge in [0.25, 0.3) is 5.91 Å². The first-order valence-electron chi connectivity index (χ1n) is 12.4. The Morgan fingerprint density at radius 2 is 1.53 bits per heavy atom. The van der Waals surface area contributed by atoms with Crippen molar-refractivity contribution in [2.75, 3.05) is 55.7 Å². The Hall–Kier alpha value is -3.35. The fourth-order valence-electron chi connectivity index (χ4n) is 4.94. The number of ether oxygens (including phenoxy) is 1. The molecule has 2 fully saturated rings. The lowest BCUT2D eigenvalue weighted by molar-refractivity contribution is 0.0744. The van der Waals surface area contributed by atoms with Crippen LogP contribution in [0.5, 0.6) is 5.75 Å². The Labute approximate surface area is 201 Å². The van der Waals surface area contributed by atoms with Crippen molar-refractivity contribution in [2.45, 2.75) is 26.7 Å². The van der Waals surface area contributed by atoms with E-state index in [0.29, 0.717) is 31.0 Å². The number of hydrogen-bond donors (Lipinski definition) is 0. The van der Waals surface area contributed by atoms with E-state index in [1.165, 1.54) is 12.8 Å². The molecule has 7 heteroatoms. The minimum Gasteiger partial charge on any atom is -0.493 e. The van der Waals surface area contributed by atoms with Crippen LogP contribution in [0.4, 0.5) is 11.6 Å². The minimum atomic E-state index is 0.0284. The molecule has 7 nitrogen and oxygen atoms in total. The Kier molecular flexibility index (Phi) is 6.52. The zero-order chi connectivity index (χ0) is 23.5. The molecule has 0 aliphatic carbocycles. The number of rotatable bonds is 5. The second-order valence-electron chi connectivity index (χ2n) is 9.29. The Bertz CT molecular complexity index is 1130. The predicted octanol–water partition coefficient (Wildman–Crippen LogP) is 4.23. The summed E-state index contributed by atoms with van der Waals surface area (Å²) in [5.74, 6) is 3.31. The standard InChI is InChI=1S/C27H33N5O2/c1-3-34-23-9-8-21-6-4-5-7-22(21)26(23)27(33)32-18-16-31(17-19-32)25-11-10-24(28-29-25)30-14-12-20(2)13-15-30/h4-11,20H,3,12-19H2,1-2H3. The Balaban J connectivity index is 1.27. The maximum Gasteiger partial charge on any atom is 0.258 e. The molecular formula is C27H33N5O2. The third-order valence-electron chi connectivity index (χ3n) is 7.04. The second-order valence-corrected chi connectivity index (χ2v) is 9.29. The van der Waals surface area contributed by atoms with E-state index in [1.807, 2.05) is 48.2 Å². The van der Waals surface area contributed by atoms with Crippen molar-refractivity contribution in [1.29, 1.82) is 0 Å². The van der Waals surface area contributed by atoms with Gasteiger partial charge in [0.2, 0.25) is 0 Å². The summed E-state index contributed by atoms with van der Waals surface area (Å²) in [5, 5.41) is 11.0. The smallest absolute Gasteiger partial charge is 0.258 e. The highest BCUT2D eigenvalue weighted by Gasteiger charge is 2.27.